The molecule has 2 fully saturated rings. The van der Waals surface area contributed by atoms with E-state index in [-0.39, 0.29) is 23.8 Å². The van der Waals surface area contributed by atoms with Gasteiger partial charge in [0.25, 0.3) is 0 Å². The number of benzene rings is 1. The standard InChI is InChI=1S/C21H30F3N3O3/c1-14-2-3-15(10-17(14)28)19(30)27-9-8-20(13-27)6-4-16(5-7-20)25-11-18(29)26-12-21(22,23)24/h2-3,10,16,19,25,28,30H,4-9,11-13H2,1H3,(H,26,29). The molecule has 1 spiro atoms. The summed E-state index contributed by atoms with van der Waals surface area (Å²) in [5, 5.41) is 25.6. The van der Waals surface area contributed by atoms with Gasteiger partial charge in [0.15, 0.2) is 0 Å². The highest BCUT2D eigenvalue weighted by Crippen LogP contribution is 2.45. The van der Waals surface area contributed by atoms with Crippen molar-refractivity contribution in [3.8, 4) is 5.75 Å². The number of nitrogens with zero attached hydrogens (tertiary/aromatic N) is 1. The monoisotopic (exact) mass is 429 g/mol. The number of halogens is 3. The van der Waals surface area contributed by atoms with E-state index in [1.807, 2.05) is 23.2 Å². The van der Waals surface area contributed by atoms with Gasteiger partial charge >= 0.3 is 6.18 Å². The van der Waals surface area contributed by atoms with Crippen LogP contribution in [-0.4, -0.2) is 59.4 Å². The van der Waals surface area contributed by atoms with Gasteiger partial charge < -0.3 is 20.8 Å². The lowest BCUT2D eigenvalue weighted by Crippen LogP contribution is -2.44. The number of amides is 1. The molecule has 0 aromatic heterocycles. The van der Waals surface area contributed by atoms with E-state index in [0.29, 0.717) is 5.56 Å². The second kappa shape index (κ2) is 9.11. The van der Waals surface area contributed by atoms with E-state index in [1.54, 1.807) is 12.1 Å². The molecule has 1 amide bonds. The number of hydrogen-bond donors (Lipinski definition) is 4. The molecular formula is C21H30F3N3O3. The molecule has 1 heterocycles. The van der Waals surface area contributed by atoms with E-state index in [1.165, 1.54) is 0 Å². The number of rotatable bonds is 6. The summed E-state index contributed by atoms with van der Waals surface area (Å²) in [6.07, 6.45) is -0.606. The molecule has 0 bridgehead atoms. The quantitative estimate of drug-likeness (QED) is 0.559. The highest BCUT2D eigenvalue weighted by molar-refractivity contribution is 5.78. The number of alkyl halides is 3. The fourth-order valence-electron chi connectivity index (χ4n) is 4.52. The lowest BCUT2D eigenvalue weighted by molar-refractivity contribution is -0.138. The van der Waals surface area contributed by atoms with Gasteiger partial charge in [0.1, 0.15) is 18.5 Å². The summed E-state index contributed by atoms with van der Waals surface area (Å²) in [7, 11) is 0. The first-order valence-corrected chi connectivity index (χ1v) is 10.4. The normalized spacial score (nSPS) is 26.1. The van der Waals surface area contributed by atoms with Crippen LogP contribution in [0.25, 0.3) is 0 Å². The van der Waals surface area contributed by atoms with Crippen molar-refractivity contribution >= 4 is 5.91 Å². The van der Waals surface area contributed by atoms with E-state index >= 15 is 0 Å². The molecule has 1 unspecified atom stereocenters. The Bertz CT molecular complexity index is 749. The molecule has 1 aromatic carbocycles. The number of hydrogen-bond acceptors (Lipinski definition) is 5. The molecule has 1 atom stereocenters. The summed E-state index contributed by atoms with van der Waals surface area (Å²) in [5.74, 6) is -0.476. The van der Waals surface area contributed by atoms with E-state index < -0.39 is 24.9 Å². The van der Waals surface area contributed by atoms with Crippen molar-refractivity contribution in [2.75, 3.05) is 26.2 Å². The molecule has 1 aliphatic carbocycles. The zero-order chi connectivity index (χ0) is 21.9. The first-order valence-electron chi connectivity index (χ1n) is 10.4. The van der Waals surface area contributed by atoms with Crippen LogP contribution in [0.1, 0.15) is 49.5 Å². The second-order valence-corrected chi connectivity index (χ2v) is 8.69. The molecule has 1 saturated heterocycles. The fourth-order valence-corrected chi connectivity index (χ4v) is 4.52. The average Bonchev–Trinajstić information content (AvgIpc) is 3.10. The Morgan fingerprint density at radius 2 is 2.00 bits per heavy atom. The second-order valence-electron chi connectivity index (χ2n) is 8.69. The minimum atomic E-state index is -4.40. The van der Waals surface area contributed by atoms with Crippen molar-refractivity contribution in [3.05, 3.63) is 29.3 Å². The molecule has 0 radical (unpaired) electrons. The predicted molar refractivity (Wildman–Crippen MR) is 106 cm³/mol. The van der Waals surface area contributed by atoms with Gasteiger partial charge in [-0.15, -0.1) is 0 Å². The first-order chi connectivity index (χ1) is 14.1. The van der Waals surface area contributed by atoms with Crippen LogP contribution < -0.4 is 10.6 Å². The number of aliphatic hydroxyl groups excluding tert-OH is 1. The maximum Gasteiger partial charge on any atom is 0.405 e. The maximum atomic E-state index is 12.1. The minimum Gasteiger partial charge on any atom is -0.508 e. The van der Waals surface area contributed by atoms with E-state index in [2.05, 4.69) is 5.32 Å². The van der Waals surface area contributed by atoms with Crippen molar-refractivity contribution in [2.45, 2.75) is 57.5 Å². The average molecular weight is 429 g/mol. The van der Waals surface area contributed by atoms with Crippen LogP contribution >= 0.6 is 0 Å². The van der Waals surface area contributed by atoms with Gasteiger partial charge in [0.2, 0.25) is 5.91 Å². The van der Waals surface area contributed by atoms with Gasteiger partial charge in [0.05, 0.1) is 6.54 Å². The third kappa shape index (κ3) is 5.86. The van der Waals surface area contributed by atoms with Crippen LogP contribution in [-0.2, 0) is 4.79 Å². The molecule has 30 heavy (non-hydrogen) atoms. The molecule has 3 rings (SSSR count). The maximum absolute atomic E-state index is 12.1. The predicted octanol–water partition coefficient (Wildman–Crippen LogP) is 2.59. The SMILES string of the molecule is Cc1ccc(C(O)N2CCC3(CCC(NCC(=O)NCC(F)(F)F)CC3)C2)cc1O. The zero-order valence-electron chi connectivity index (χ0n) is 17.1. The summed E-state index contributed by atoms with van der Waals surface area (Å²) in [5.41, 5.74) is 1.56. The van der Waals surface area contributed by atoms with Crippen molar-refractivity contribution in [1.82, 2.24) is 15.5 Å². The summed E-state index contributed by atoms with van der Waals surface area (Å²) < 4.78 is 36.4. The van der Waals surface area contributed by atoms with Crippen LogP contribution in [0.2, 0.25) is 0 Å². The van der Waals surface area contributed by atoms with Gasteiger partial charge in [-0.05, 0) is 61.6 Å². The smallest absolute Gasteiger partial charge is 0.405 e. The third-order valence-electron chi connectivity index (χ3n) is 6.43. The minimum absolute atomic E-state index is 0.111. The lowest BCUT2D eigenvalue weighted by Gasteiger charge is -2.38. The summed E-state index contributed by atoms with van der Waals surface area (Å²) >= 11 is 0. The number of phenols is 1. The molecule has 168 valence electrons. The van der Waals surface area contributed by atoms with E-state index in [4.69, 9.17) is 0 Å². The number of likely N-dealkylation sites (tertiary alicyclic amines) is 1. The topological polar surface area (TPSA) is 84.8 Å². The number of aliphatic hydroxyl groups is 1. The van der Waals surface area contributed by atoms with Gasteiger partial charge in [-0.25, -0.2) is 0 Å². The number of aromatic hydroxyl groups is 1. The number of aryl methyl sites for hydroxylation is 1. The largest absolute Gasteiger partial charge is 0.508 e. The number of phenolic OH excluding ortho intramolecular Hbond substituents is 1. The van der Waals surface area contributed by atoms with Gasteiger partial charge in [-0.3, -0.25) is 9.69 Å². The Labute approximate surface area is 174 Å². The van der Waals surface area contributed by atoms with Crippen LogP contribution in [0.3, 0.4) is 0 Å². The summed E-state index contributed by atoms with van der Waals surface area (Å²) in [6.45, 7) is 1.92. The van der Waals surface area contributed by atoms with Crippen molar-refractivity contribution in [1.29, 1.82) is 0 Å². The number of carbonyl (C=O) groups is 1. The Balaban J connectivity index is 1.44. The number of nitrogens with one attached hydrogen (secondary N) is 2. The molecule has 2 aliphatic rings. The molecule has 9 heteroatoms. The van der Waals surface area contributed by atoms with Crippen LogP contribution in [0.4, 0.5) is 13.2 Å². The van der Waals surface area contributed by atoms with Crippen LogP contribution in [0.5, 0.6) is 5.75 Å². The van der Waals surface area contributed by atoms with Crippen molar-refractivity contribution in [3.63, 3.8) is 0 Å². The first kappa shape index (κ1) is 22.8. The Morgan fingerprint density at radius 3 is 2.63 bits per heavy atom. The van der Waals surface area contributed by atoms with Crippen LogP contribution in [0, 0.1) is 12.3 Å². The van der Waals surface area contributed by atoms with Gasteiger partial charge in [-0.1, -0.05) is 12.1 Å². The fraction of sp³-hybridized carbons (Fsp3) is 0.667. The van der Waals surface area contributed by atoms with Gasteiger partial charge in [-0.2, -0.15) is 13.2 Å². The molecule has 4 N–H and O–H groups in total. The Morgan fingerprint density at radius 1 is 1.30 bits per heavy atom. The Hall–Kier alpha value is -1.84. The molecule has 1 aromatic rings. The third-order valence-corrected chi connectivity index (χ3v) is 6.43. The highest BCUT2D eigenvalue weighted by atomic mass is 19.4. The van der Waals surface area contributed by atoms with Crippen LogP contribution in [0.15, 0.2) is 18.2 Å². The Kier molecular flexibility index (Phi) is 6.94. The van der Waals surface area contributed by atoms with E-state index in [0.717, 1.165) is 50.8 Å². The van der Waals surface area contributed by atoms with Crippen molar-refractivity contribution < 1.29 is 28.2 Å². The van der Waals surface area contributed by atoms with Gasteiger partial charge in [0, 0.05) is 19.1 Å². The highest BCUT2D eigenvalue weighted by Gasteiger charge is 2.42. The van der Waals surface area contributed by atoms with Crippen molar-refractivity contribution in [2.24, 2.45) is 5.41 Å². The summed E-state index contributed by atoms with van der Waals surface area (Å²) in [4.78, 5) is 13.6. The summed E-state index contributed by atoms with van der Waals surface area (Å²) in [6, 6.07) is 5.34. The molecule has 1 aliphatic heterocycles. The lowest BCUT2D eigenvalue weighted by atomic mass is 9.72. The van der Waals surface area contributed by atoms with E-state index in [9.17, 15) is 28.2 Å². The molecule has 6 nitrogen and oxygen atoms in total. The molecular weight excluding hydrogens is 399 g/mol. The molecule has 1 saturated carbocycles. The zero-order valence-corrected chi connectivity index (χ0v) is 17.1. The number of carbonyl (C=O) groups excluding carboxylic acids is 1.